The highest BCUT2D eigenvalue weighted by molar-refractivity contribution is 5.92. The Morgan fingerprint density at radius 2 is 1.79 bits per heavy atom. The summed E-state index contributed by atoms with van der Waals surface area (Å²) < 4.78 is 5.23. The van der Waals surface area contributed by atoms with Gasteiger partial charge in [0, 0.05) is 18.5 Å². The molecule has 3 nitrogen and oxygen atoms in total. The molecule has 2 fully saturated rings. The van der Waals surface area contributed by atoms with Crippen LogP contribution in [0.3, 0.4) is 0 Å². The number of carbonyl (C=O) groups is 1. The van der Waals surface area contributed by atoms with Crippen molar-refractivity contribution in [3.05, 3.63) is 65.7 Å². The number of hydrogen-bond acceptors (Lipinski definition) is 3. The molecule has 0 N–H and O–H groups in total. The number of ether oxygens (including phenoxy) is 1. The Labute approximate surface area is 143 Å². The van der Waals surface area contributed by atoms with Gasteiger partial charge in [0.05, 0.1) is 13.2 Å². The number of rotatable bonds is 4. The van der Waals surface area contributed by atoms with E-state index < -0.39 is 0 Å². The number of ketones is 1. The molecular formula is C21H23NO2. The zero-order chi connectivity index (χ0) is 16.5. The third-order valence-corrected chi connectivity index (χ3v) is 5.55. The molecule has 2 bridgehead atoms. The molecule has 2 aromatic carbocycles. The summed E-state index contributed by atoms with van der Waals surface area (Å²) in [5, 5.41) is 0. The first kappa shape index (κ1) is 15.4. The van der Waals surface area contributed by atoms with E-state index in [1.165, 1.54) is 5.56 Å². The number of nitrogens with zero attached hydrogens (tertiary/aromatic N) is 1. The summed E-state index contributed by atoms with van der Waals surface area (Å²) >= 11 is 0. The normalized spacial score (nSPS) is 26.5. The number of Topliss-reactive ketones (excluding diaryl/α,β-unsaturated/α-hetero) is 1. The van der Waals surface area contributed by atoms with E-state index in [2.05, 4.69) is 29.2 Å². The van der Waals surface area contributed by atoms with Gasteiger partial charge in [0.15, 0.2) is 5.78 Å². The molecule has 0 aromatic heterocycles. The number of piperidine rings is 1. The van der Waals surface area contributed by atoms with Crippen molar-refractivity contribution in [2.45, 2.75) is 43.8 Å². The van der Waals surface area contributed by atoms with Crippen LogP contribution >= 0.6 is 0 Å². The lowest BCUT2D eigenvalue weighted by Gasteiger charge is -2.38. The average Bonchev–Trinajstić information content (AvgIpc) is 2.93. The van der Waals surface area contributed by atoms with Crippen LogP contribution in [0, 0.1) is 0 Å². The fraction of sp³-hybridized carbons (Fsp3) is 0.381. The van der Waals surface area contributed by atoms with Gasteiger partial charge in [-0.2, -0.15) is 0 Å². The summed E-state index contributed by atoms with van der Waals surface area (Å²) in [6.45, 7) is 0.886. The maximum atomic E-state index is 13.1. The maximum absolute atomic E-state index is 13.1. The van der Waals surface area contributed by atoms with E-state index >= 15 is 0 Å². The van der Waals surface area contributed by atoms with Crippen LogP contribution in [-0.2, 0) is 11.3 Å². The molecule has 124 valence electrons. The average molecular weight is 321 g/mol. The van der Waals surface area contributed by atoms with E-state index in [1.54, 1.807) is 7.11 Å². The Hall–Kier alpha value is -2.13. The van der Waals surface area contributed by atoms with Crippen LogP contribution in [-0.4, -0.2) is 29.9 Å². The van der Waals surface area contributed by atoms with Gasteiger partial charge in [0.25, 0.3) is 0 Å². The quantitative estimate of drug-likeness (QED) is 0.858. The second-order valence-corrected chi connectivity index (χ2v) is 6.87. The lowest BCUT2D eigenvalue weighted by Crippen LogP contribution is -2.47. The molecule has 0 amide bonds. The van der Waals surface area contributed by atoms with Crippen molar-refractivity contribution in [3.8, 4) is 5.75 Å². The fourth-order valence-electron chi connectivity index (χ4n) is 4.29. The topological polar surface area (TPSA) is 29.5 Å². The van der Waals surface area contributed by atoms with E-state index in [-0.39, 0.29) is 12.0 Å². The lowest BCUT2D eigenvalue weighted by molar-refractivity contribution is -0.128. The predicted molar refractivity (Wildman–Crippen MR) is 94.2 cm³/mol. The Bertz CT molecular complexity index is 710. The molecule has 0 aliphatic carbocycles. The molecule has 0 spiro atoms. The number of methoxy groups -OCH3 is 1. The van der Waals surface area contributed by atoms with Crippen LogP contribution in [0.25, 0.3) is 0 Å². The van der Waals surface area contributed by atoms with Gasteiger partial charge < -0.3 is 4.74 Å². The molecule has 3 heteroatoms. The summed E-state index contributed by atoms with van der Waals surface area (Å²) in [6.07, 6.45) is 3.08. The highest BCUT2D eigenvalue weighted by Gasteiger charge is 2.46. The zero-order valence-electron chi connectivity index (χ0n) is 14.0. The van der Waals surface area contributed by atoms with E-state index in [9.17, 15) is 4.79 Å². The van der Waals surface area contributed by atoms with Crippen molar-refractivity contribution in [1.29, 1.82) is 0 Å². The first-order valence-electron chi connectivity index (χ1n) is 8.73. The molecule has 24 heavy (non-hydrogen) atoms. The third kappa shape index (κ3) is 2.73. The highest BCUT2D eigenvalue weighted by atomic mass is 16.5. The van der Waals surface area contributed by atoms with E-state index in [4.69, 9.17) is 4.74 Å². The van der Waals surface area contributed by atoms with Gasteiger partial charge in [-0.05, 0) is 42.5 Å². The van der Waals surface area contributed by atoms with Crippen LogP contribution in [0.4, 0.5) is 0 Å². The van der Waals surface area contributed by atoms with Gasteiger partial charge >= 0.3 is 0 Å². The highest BCUT2D eigenvalue weighted by Crippen LogP contribution is 2.41. The first-order chi connectivity index (χ1) is 11.8. The van der Waals surface area contributed by atoms with Crippen LogP contribution in [0.15, 0.2) is 54.6 Å². The van der Waals surface area contributed by atoms with E-state index in [1.807, 2.05) is 30.3 Å². The minimum absolute atomic E-state index is 0.0421. The Morgan fingerprint density at radius 1 is 1.04 bits per heavy atom. The minimum atomic E-state index is 0.0421. The standard InChI is InChI=1S/C21H23NO2/c1-24-18-10-7-16(8-11-18)19-13-17-9-12-20(21(19)23)22(17)14-15-5-3-2-4-6-15/h2-8,10-11,17,19-20H,9,12-14H2,1H3/t17-,19-,20+/m1/s1. The smallest absolute Gasteiger partial charge is 0.157 e. The van der Waals surface area contributed by atoms with Crippen LogP contribution in [0.5, 0.6) is 5.75 Å². The minimum Gasteiger partial charge on any atom is -0.497 e. The van der Waals surface area contributed by atoms with Crippen LogP contribution in [0.1, 0.15) is 36.3 Å². The van der Waals surface area contributed by atoms with Gasteiger partial charge in [0.2, 0.25) is 0 Å². The second-order valence-electron chi connectivity index (χ2n) is 6.87. The fourth-order valence-corrected chi connectivity index (χ4v) is 4.29. The molecular weight excluding hydrogens is 298 g/mol. The second kappa shape index (κ2) is 6.40. The molecule has 0 unspecified atom stereocenters. The molecule has 0 saturated carbocycles. The van der Waals surface area contributed by atoms with Crippen molar-refractivity contribution in [2.24, 2.45) is 0 Å². The molecule has 2 aromatic rings. The molecule has 2 aliphatic rings. The van der Waals surface area contributed by atoms with Gasteiger partial charge in [-0.1, -0.05) is 42.5 Å². The van der Waals surface area contributed by atoms with Gasteiger partial charge in [-0.3, -0.25) is 9.69 Å². The third-order valence-electron chi connectivity index (χ3n) is 5.55. The number of benzene rings is 2. The van der Waals surface area contributed by atoms with Crippen molar-refractivity contribution in [1.82, 2.24) is 4.90 Å². The monoisotopic (exact) mass is 321 g/mol. The SMILES string of the molecule is COc1ccc([C@H]2C[C@H]3CC[C@@H](C2=O)N3Cc2ccccc2)cc1. The van der Waals surface area contributed by atoms with E-state index in [0.29, 0.717) is 11.8 Å². The van der Waals surface area contributed by atoms with Crippen LogP contribution in [0.2, 0.25) is 0 Å². The predicted octanol–water partition coefficient (Wildman–Crippen LogP) is 3.78. The Kier molecular flexibility index (Phi) is 4.11. The van der Waals surface area contributed by atoms with E-state index in [0.717, 1.165) is 37.1 Å². The summed E-state index contributed by atoms with van der Waals surface area (Å²) in [6, 6.07) is 19.1. The summed E-state index contributed by atoms with van der Waals surface area (Å²) in [7, 11) is 1.67. The van der Waals surface area contributed by atoms with Crippen molar-refractivity contribution in [2.75, 3.05) is 7.11 Å². The number of hydrogen-bond donors (Lipinski definition) is 0. The van der Waals surface area contributed by atoms with Gasteiger partial charge in [-0.25, -0.2) is 0 Å². The van der Waals surface area contributed by atoms with Gasteiger partial charge in [0.1, 0.15) is 5.75 Å². The summed E-state index contributed by atoms with van der Waals surface area (Å²) in [5.41, 5.74) is 2.43. The largest absolute Gasteiger partial charge is 0.497 e. The number of fused-ring (bicyclic) bond motifs is 2. The first-order valence-corrected chi connectivity index (χ1v) is 8.73. The van der Waals surface area contributed by atoms with Crippen molar-refractivity contribution in [3.63, 3.8) is 0 Å². The zero-order valence-corrected chi connectivity index (χ0v) is 14.0. The Morgan fingerprint density at radius 3 is 2.50 bits per heavy atom. The number of carbonyl (C=O) groups excluding carboxylic acids is 1. The molecule has 0 radical (unpaired) electrons. The molecule has 2 saturated heterocycles. The Balaban J connectivity index is 1.53. The molecule has 2 aliphatic heterocycles. The van der Waals surface area contributed by atoms with Crippen molar-refractivity contribution < 1.29 is 9.53 Å². The lowest BCUT2D eigenvalue weighted by atomic mass is 9.83. The maximum Gasteiger partial charge on any atom is 0.157 e. The molecule has 4 rings (SSSR count). The van der Waals surface area contributed by atoms with Crippen molar-refractivity contribution >= 4 is 5.78 Å². The van der Waals surface area contributed by atoms with Crippen LogP contribution < -0.4 is 4.74 Å². The summed E-state index contributed by atoms with van der Waals surface area (Å²) in [5.74, 6) is 1.28. The molecule has 2 heterocycles. The summed E-state index contributed by atoms with van der Waals surface area (Å²) in [4.78, 5) is 15.5. The van der Waals surface area contributed by atoms with Gasteiger partial charge in [-0.15, -0.1) is 0 Å². The molecule has 3 atom stereocenters.